The molecule has 0 aromatic heterocycles. The largest absolute Gasteiger partial charge is 0.480 e. The van der Waals surface area contributed by atoms with Gasteiger partial charge in [-0.3, -0.25) is 4.79 Å². The number of nitrogens with zero attached hydrogens (tertiary/aromatic N) is 1. The molecule has 1 aliphatic rings. The van der Waals surface area contributed by atoms with Crippen LogP contribution in [0.1, 0.15) is 32.6 Å². The Hall–Kier alpha value is -1.30. The topological polar surface area (TPSA) is 78.9 Å². The van der Waals surface area contributed by atoms with E-state index in [0.717, 1.165) is 25.7 Å². The number of hydrogen-bond donors (Lipinski definition) is 2. The maximum Gasteiger partial charge on any atom is 0.323 e. The highest BCUT2D eigenvalue weighted by Gasteiger charge is 2.41. The Morgan fingerprint density at radius 3 is 2.58 bits per heavy atom. The van der Waals surface area contributed by atoms with Crippen LogP contribution in [0.4, 0.5) is 4.79 Å². The summed E-state index contributed by atoms with van der Waals surface area (Å²) < 4.78 is 4.89. The van der Waals surface area contributed by atoms with Crippen LogP contribution in [0, 0.1) is 5.41 Å². The van der Waals surface area contributed by atoms with Gasteiger partial charge in [0.05, 0.1) is 6.61 Å². The lowest BCUT2D eigenvalue weighted by Gasteiger charge is -2.23. The van der Waals surface area contributed by atoms with Crippen molar-refractivity contribution in [2.75, 3.05) is 33.4 Å². The number of ether oxygens (including phenoxy) is 1. The van der Waals surface area contributed by atoms with Crippen LogP contribution in [0.5, 0.6) is 0 Å². The number of aliphatic carboxylic acids is 1. The fraction of sp³-hybridized carbons (Fsp3) is 0.846. The Morgan fingerprint density at radius 1 is 1.42 bits per heavy atom. The first kappa shape index (κ1) is 15.8. The fourth-order valence-corrected chi connectivity index (χ4v) is 2.21. The highest BCUT2D eigenvalue weighted by Crippen LogP contribution is 2.48. The first-order valence-corrected chi connectivity index (χ1v) is 6.76. The van der Waals surface area contributed by atoms with Gasteiger partial charge in [-0.15, -0.1) is 0 Å². The molecule has 6 nitrogen and oxygen atoms in total. The van der Waals surface area contributed by atoms with E-state index in [2.05, 4.69) is 12.2 Å². The molecule has 0 atom stereocenters. The van der Waals surface area contributed by atoms with Crippen LogP contribution in [0.3, 0.4) is 0 Å². The SMILES string of the molecule is CCCC1(CNC(=O)N(CCOC)CC(=O)O)CC1. The Balaban J connectivity index is 2.40. The highest BCUT2D eigenvalue weighted by atomic mass is 16.5. The number of amides is 2. The first-order chi connectivity index (χ1) is 9.03. The summed E-state index contributed by atoms with van der Waals surface area (Å²) in [6, 6.07) is -0.318. The second-order valence-electron chi connectivity index (χ2n) is 5.22. The number of urea groups is 1. The smallest absolute Gasteiger partial charge is 0.323 e. The van der Waals surface area contributed by atoms with E-state index in [-0.39, 0.29) is 24.5 Å². The first-order valence-electron chi connectivity index (χ1n) is 6.76. The van der Waals surface area contributed by atoms with Crippen LogP contribution in [0.25, 0.3) is 0 Å². The zero-order valence-corrected chi connectivity index (χ0v) is 11.8. The van der Waals surface area contributed by atoms with Crippen LogP contribution >= 0.6 is 0 Å². The van der Waals surface area contributed by atoms with Crippen molar-refractivity contribution >= 4 is 12.0 Å². The maximum absolute atomic E-state index is 12.0. The van der Waals surface area contributed by atoms with Crippen molar-refractivity contribution in [3.05, 3.63) is 0 Å². The molecule has 0 aromatic carbocycles. The van der Waals surface area contributed by atoms with E-state index in [1.807, 2.05) is 0 Å². The molecule has 2 amide bonds. The number of hydrogen-bond acceptors (Lipinski definition) is 3. The Bertz CT molecular complexity index is 316. The van der Waals surface area contributed by atoms with Crippen LogP contribution in [0.2, 0.25) is 0 Å². The molecule has 1 saturated carbocycles. The summed E-state index contributed by atoms with van der Waals surface area (Å²) in [7, 11) is 1.53. The maximum atomic E-state index is 12.0. The van der Waals surface area contributed by atoms with Gasteiger partial charge in [-0.1, -0.05) is 13.3 Å². The van der Waals surface area contributed by atoms with E-state index in [0.29, 0.717) is 13.2 Å². The molecule has 0 aromatic rings. The van der Waals surface area contributed by atoms with Gasteiger partial charge in [-0.05, 0) is 24.7 Å². The lowest BCUT2D eigenvalue weighted by atomic mass is 10.0. The second-order valence-corrected chi connectivity index (χ2v) is 5.22. The van der Waals surface area contributed by atoms with Crippen LogP contribution < -0.4 is 5.32 Å². The van der Waals surface area contributed by atoms with E-state index >= 15 is 0 Å². The summed E-state index contributed by atoms with van der Waals surface area (Å²) in [4.78, 5) is 24.0. The van der Waals surface area contributed by atoms with Crippen molar-refractivity contribution < 1.29 is 19.4 Å². The van der Waals surface area contributed by atoms with Crippen LogP contribution in [-0.2, 0) is 9.53 Å². The van der Waals surface area contributed by atoms with Crippen molar-refractivity contribution in [1.29, 1.82) is 0 Å². The van der Waals surface area contributed by atoms with E-state index < -0.39 is 5.97 Å². The molecule has 0 spiro atoms. The third-order valence-corrected chi connectivity index (χ3v) is 3.53. The highest BCUT2D eigenvalue weighted by molar-refractivity contribution is 5.80. The molecule has 0 bridgehead atoms. The number of methoxy groups -OCH3 is 1. The Labute approximate surface area is 114 Å². The molecule has 0 heterocycles. The number of rotatable bonds is 9. The van der Waals surface area contributed by atoms with Gasteiger partial charge >= 0.3 is 12.0 Å². The summed E-state index contributed by atoms with van der Waals surface area (Å²) in [6.07, 6.45) is 4.53. The predicted octanol–water partition coefficient (Wildman–Crippen LogP) is 1.31. The predicted molar refractivity (Wildman–Crippen MR) is 71.1 cm³/mol. The van der Waals surface area contributed by atoms with Crippen molar-refractivity contribution in [2.24, 2.45) is 5.41 Å². The van der Waals surface area contributed by atoms with Crippen molar-refractivity contribution in [2.45, 2.75) is 32.6 Å². The monoisotopic (exact) mass is 272 g/mol. The van der Waals surface area contributed by atoms with Gasteiger partial charge in [0, 0.05) is 20.2 Å². The molecular weight excluding hydrogens is 248 g/mol. The number of carboxylic acid groups (broad SMARTS) is 1. The molecule has 0 radical (unpaired) electrons. The molecule has 19 heavy (non-hydrogen) atoms. The average molecular weight is 272 g/mol. The molecular formula is C13H24N2O4. The van der Waals surface area contributed by atoms with Crippen molar-refractivity contribution in [3.8, 4) is 0 Å². The van der Waals surface area contributed by atoms with E-state index in [1.54, 1.807) is 0 Å². The van der Waals surface area contributed by atoms with Gasteiger partial charge in [0.2, 0.25) is 0 Å². The molecule has 2 N–H and O–H groups in total. The number of carbonyl (C=O) groups excluding carboxylic acids is 1. The minimum Gasteiger partial charge on any atom is -0.480 e. The normalized spacial score (nSPS) is 15.9. The zero-order chi connectivity index (χ0) is 14.3. The summed E-state index contributed by atoms with van der Waals surface area (Å²) in [5.74, 6) is -1.01. The van der Waals surface area contributed by atoms with Crippen LogP contribution in [0.15, 0.2) is 0 Å². The lowest BCUT2D eigenvalue weighted by Crippen LogP contribution is -2.45. The second kappa shape index (κ2) is 7.33. The minimum absolute atomic E-state index is 0.264. The average Bonchev–Trinajstić information content (AvgIpc) is 3.12. The summed E-state index contributed by atoms with van der Waals surface area (Å²) in [5, 5.41) is 11.6. The van der Waals surface area contributed by atoms with Gasteiger partial charge in [0.25, 0.3) is 0 Å². The van der Waals surface area contributed by atoms with Gasteiger partial charge in [0.15, 0.2) is 0 Å². The molecule has 0 saturated heterocycles. The Morgan fingerprint density at radius 2 is 2.11 bits per heavy atom. The van der Waals surface area contributed by atoms with Crippen molar-refractivity contribution in [1.82, 2.24) is 10.2 Å². The van der Waals surface area contributed by atoms with E-state index in [9.17, 15) is 9.59 Å². The van der Waals surface area contributed by atoms with Crippen molar-refractivity contribution in [3.63, 3.8) is 0 Å². The van der Waals surface area contributed by atoms with Crippen LogP contribution in [-0.4, -0.2) is 55.4 Å². The number of carbonyl (C=O) groups is 2. The minimum atomic E-state index is -1.01. The van der Waals surface area contributed by atoms with Gasteiger partial charge in [0.1, 0.15) is 6.54 Å². The molecule has 0 unspecified atom stereocenters. The number of carboxylic acids is 1. The number of nitrogens with one attached hydrogen (secondary N) is 1. The molecule has 110 valence electrons. The van der Waals surface area contributed by atoms with E-state index in [4.69, 9.17) is 9.84 Å². The summed E-state index contributed by atoms with van der Waals surface area (Å²) in [6.45, 7) is 3.10. The summed E-state index contributed by atoms with van der Waals surface area (Å²) in [5.41, 5.74) is 0.264. The quantitative estimate of drug-likeness (QED) is 0.663. The fourth-order valence-electron chi connectivity index (χ4n) is 2.21. The molecule has 6 heteroatoms. The van der Waals surface area contributed by atoms with E-state index in [1.165, 1.54) is 12.0 Å². The Kier molecular flexibility index (Phi) is 6.08. The summed E-state index contributed by atoms with van der Waals surface area (Å²) >= 11 is 0. The van der Waals surface area contributed by atoms with Gasteiger partial charge < -0.3 is 20.1 Å². The standard InChI is InChI=1S/C13H24N2O4/c1-3-4-13(5-6-13)10-14-12(18)15(7-8-19-2)9-11(16)17/h3-10H2,1-2H3,(H,14,18)(H,16,17). The third kappa shape index (κ3) is 5.46. The lowest BCUT2D eigenvalue weighted by molar-refractivity contribution is -0.137. The molecule has 1 aliphatic carbocycles. The zero-order valence-electron chi connectivity index (χ0n) is 11.8. The van der Waals surface area contributed by atoms with Gasteiger partial charge in [-0.2, -0.15) is 0 Å². The molecule has 0 aliphatic heterocycles. The third-order valence-electron chi connectivity index (χ3n) is 3.53. The molecule has 1 fully saturated rings. The molecule has 1 rings (SSSR count). The van der Waals surface area contributed by atoms with Gasteiger partial charge in [-0.25, -0.2) is 4.79 Å².